The van der Waals surface area contributed by atoms with Gasteiger partial charge in [0.25, 0.3) is 0 Å². The summed E-state index contributed by atoms with van der Waals surface area (Å²) < 4.78 is 29.3. The van der Waals surface area contributed by atoms with E-state index >= 15 is 0 Å². The van der Waals surface area contributed by atoms with E-state index in [-0.39, 0.29) is 10.7 Å². The first kappa shape index (κ1) is 17.3. The van der Waals surface area contributed by atoms with Gasteiger partial charge < -0.3 is 5.73 Å². The zero-order chi connectivity index (χ0) is 17.4. The Hall–Kier alpha value is -1.53. The number of thiophene rings is 1. The third-order valence-electron chi connectivity index (χ3n) is 3.49. The number of nitrogens with two attached hydrogens (primary N) is 1. The minimum atomic E-state index is -0.543. The fraction of sp³-hybridized carbons (Fsp3) is 0.118. The molecule has 1 unspecified atom stereocenters. The van der Waals surface area contributed by atoms with Crippen molar-refractivity contribution in [2.24, 2.45) is 5.73 Å². The van der Waals surface area contributed by atoms with Crippen LogP contribution in [0.1, 0.15) is 18.7 Å². The number of halogens is 4. The largest absolute Gasteiger partial charge is 0.323 e. The van der Waals surface area contributed by atoms with Crippen LogP contribution in [0.2, 0.25) is 9.36 Å². The lowest BCUT2D eigenvalue weighted by molar-refractivity contribution is 0.580. The molecular formula is C17H12Cl2F2N2S. The first-order chi connectivity index (χ1) is 11.4. The van der Waals surface area contributed by atoms with Crippen LogP contribution in [0.15, 0.2) is 36.5 Å². The molecule has 0 spiro atoms. The third-order valence-corrected chi connectivity index (χ3v) is 4.95. The number of benzene rings is 1. The molecule has 0 saturated heterocycles. The molecule has 0 aliphatic heterocycles. The number of pyridine rings is 1. The van der Waals surface area contributed by atoms with Crippen LogP contribution in [0.4, 0.5) is 8.78 Å². The van der Waals surface area contributed by atoms with Gasteiger partial charge in [0.05, 0.1) is 10.0 Å². The Labute approximate surface area is 151 Å². The fourth-order valence-electron chi connectivity index (χ4n) is 2.43. The van der Waals surface area contributed by atoms with Crippen LogP contribution >= 0.6 is 34.5 Å². The molecule has 2 heterocycles. The van der Waals surface area contributed by atoms with Gasteiger partial charge in [0.1, 0.15) is 11.6 Å². The number of aromatic nitrogens is 1. The predicted octanol–water partition coefficient (Wildman–Crippen LogP) is 6.08. The highest BCUT2D eigenvalue weighted by molar-refractivity contribution is 7.19. The van der Waals surface area contributed by atoms with Gasteiger partial charge in [-0.15, -0.1) is 11.3 Å². The number of hydrogen-bond donors (Lipinski definition) is 1. The van der Waals surface area contributed by atoms with E-state index in [1.165, 1.54) is 29.7 Å². The zero-order valence-electron chi connectivity index (χ0n) is 12.5. The molecule has 0 bridgehead atoms. The molecule has 24 heavy (non-hydrogen) atoms. The average Bonchev–Trinajstić information content (AvgIpc) is 2.92. The molecule has 2 nitrogen and oxygen atoms in total. The van der Waals surface area contributed by atoms with E-state index in [1.807, 2.05) is 0 Å². The van der Waals surface area contributed by atoms with Crippen molar-refractivity contribution >= 4 is 34.5 Å². The summed E-state index contributed by atoms with van der Waals surface area (Å²) in [5.74, 6) is -1.05. The molecule has 1 atom stereocenters. The second-order valence-electron chi connectivity index (χ2n) is 5.29. The summed E-state index contributed by atoms with van der Waals surface area (Å²) >= 11 is 13.2. The number of nitrogens with zero attached hydrogens (tertiary/aromatic N) is 1. The summed E-state index contributed by atoms with van der Waals surface area (Å²) in [5, 5.41) is 0.214. The Morgan fingerprint density at radius 1 is 1.12 bits per heavy atom. The summed E-state index contributed by atoms with van der Waals surface area (Å²) in [4.78, 5) is 4.69. The topological polar surface area (TPSA) is 38.9 Å². The molecule has 0 fully saturated rings. The smallest absolute Gasteiger partial charge is 0.146 e. The van der Waals surface area contributed by atoms with Crippen LogP contribution in [0.3, 0.4) is 0 Å². The molecule has 2 aromatic heterocycles. The van der Waals surface area contributed by atoms with Gasteiger partial charge in [-0.25, -0.2) is 8.78 Å². The van der Waals surface area contributed by atoms with Crippen LogP contribution in [0.5, 0.6) is 0 Å². The van der Waals surface area contributed by atoms with E-state index in [9.17, 15) is 8.78 Å². The van der Waals surface area contributed by atoms with Crippen LogP contribution < -0.4 is 5.73 Å². The van der Waals surface area contributed by atoms with Gasteiger partial charge in [-0.1, -0.05) is 23.2 Å². The van der Waals surface area contributed by atoms with Gasteiger partial charge in [0.15, 0.2) is 0 Å². The van der Waals surface area contributed by atoms with Crippen LogP contribution in [0, 0.1) is 11.6 Å². The molecule has 7 heteroatoms. The van der Waals surface area contributed by atoms with Crippen molar-refractivity contribution in [2.75, 3.05) is 0 Å². The van der Waals surface area contributed by atoms with E-state index in [4.69, 9.17) is 28.9 Å². The number of hydrogen-bond acceptors (Lipinski definition) is 3. The monoisotopic (exact) mass is 384 g/mol. The van der Waals surface area contributed by atoms with Crippen LogP contribution in [-0.4, -0.2) is 4.98 Å². The van der Waals surface area contributed by atoms with Crippen molar-refractivity contribution in [3.8, 4) is 21.6 Å². The van der Waals surface area contributed by atoms with E-state index in [0.717, 1.165) is 0 Å². The number of rotatable bonds is 3. The molecule has 3 rings (SSSR count). The SMILES string of the molecule is CC(N)c1ncc(-c2cc(Cl)cc(F)c2-c2ccc(Cl)s2)cc1F. The van der Waals surface area contributed by atoms with Crippen LogP contribution in [-0.2, 0) is 0 Å². The standard InChI is InChI=1S/C17H12Cl2F2N2S/c1-8(22)17-13(21)4-9(7-23-17)11-5-10(18)6-12(20)16(11)14-2-3-15(19)24-14/h2-8H,22H2,1H3. The first-order valence-electron chi connectivity index (χ1n) is 7.03. The third kappa shape index (κ3) is 3.30. The minimum absolute atomic E-state index is 0.155. The minimum Gasteiger partial charge on any atom is -0.323 e. The van der Waals surface area contributed by atoms with Gasteiger partial charge in [-0.3, -0.25) is 4.98 Å². The highest BCUT2D eigenvalue weighted by Gasteiger charge is 2.18. The van der Waals surface area contributed by atoms with E-state index in [0.29, 0.717) is 25.9 Å². The van der Waals surface area contributed by atoms with E-state index in [1.54, 1.807) is 25.1 Å². The summed E-state index contributed by atoms with van der Waals surface area (Å²) in [6.45, 7) is 1.64. The highest BCUT2D eigenvalue weighted by Crippen LogP contribution is 2.41. The maximum Gasteiger partial charge on any atom is 0.146 e. The maximum absolute atomic E-state index is 14.5. The van der Waals surface area contributed by atoms with Gasteiger partial charge >= 0.3 is 0 Å². The van der Waals surface area contributed by atoms with Crippen molar-refractivity contribution < 1.29 is 8.78 Å². The summed E-state index contributed by atoms with van der Waals surface area (Å²) in [6, 6.07) is 6.94. The lowest BCUT2D eigenvalue weighted by Crippen LogP contribution is -2.10. The fourth-order valence-corrected chi connectivity index (χ4v) is 3.74. The molecule has 0 saturated carbocycles. The second-order valence-corrected chi connectivity index (χ2v) is 7.45. The molecule has 2 N–H and O–H groups in total. The van der Waals surface area contributed by atoms with Crippen molar-refractivity contribution in [3.63, 3.8) is 0 Å². The Balaban J connectivity index is 2.22. The average molecular weight is 385 g/mol. The van der Waals surface area contributed by atoms with Gasteiger partial charge in [0, 0.05) is 33.3 Å². The van der Waals surface area contributed by atoms with Gasteiger partial charge in [-0.05, 0) is 42.8 Å². The molecule has 0 aliphatic carbocycles. The molecule has 0 radical (unpaired) electrons. The molecule has 0 aliphatic rings. The zero-order valence-corrected chi connectivity index (χ0v) is 14.8. The predicted molar refractivity (Wildman–Crippen MR) is 95.5 cm³/mol. The summed E-state index contributed by atoms with van der Waals surface area (Å²) in [5.41, 5.74) is 7.00. The second kappa shape index (κ2) is 6.76. The summed E-state index contributed by atoms with van der Waals surface area (Å²) in [7, 11) is 0. The lowest BCUT2D eigenvalue weighted by Gasteiger charge is -2.12. The summed E-state index contributed by atoms with van der Waals surface area (Å²) in [6.07, 6.45) is 1.46. The maximum atomic E-state index is 14.5. The Morgan fingerprint density at radius 3 is 2.46 bits per heavy atom. The Morgan fingerprint density at radius 2 is 1.88 bits per heavy atom. The highest BCUT2D eigenvalue weighted by atomic mass is 35.5. The van der Waals surface area contributed by atoms with E-state index < -0.39 is 17.7 Å². The molecular weight excluding hydrogens is 373 g/mol. The normalized spacial score (nSPS) is 12.4. The molecule has 124 valence electrons. The molecule has 1 aromatic carbocycles. The van der Waals surface area contributed by atoms with Crippen molar-refractivity contribution in [2.45, 2.75) is 13.0 Å². The Bertz CT molecular complexity index is 910. The molecule has 0 amide bonds. The van der Waals surface area contributed by atoms with Gasteiger partial charge in [-0.2, -0.15) is 0 Å². The van der Waals surface area contributed by atoms with E-state index in [2.05, 4.69) is 4.98 Å². The molecule has 3 aromatic rings. The van der Waals surface area contributed by atoms with Crippen molar-refractivity contribution in [1.82, 2.24) is 4.98 Å². The van der Waals surface area contributed by atoms with Crippen molar-refractivity contribution in [3.05, 3.63) is 63.2 Å². The van der Waals surface area contributed by atoms with Crippen molar-refractivity contribution in [1.29, 1.82) is 0 Å². The Kier molecular flexibility index (Phi) is 4.88. The van der Waals surface area contributed by atoms with Crippen LogP contribution in [0.25, 0.3) is 21.6 Å². The quantitative estimate of drug-likeness (QED) is 0.593. The first-order valence-corrected chi connectivity index (χ1v) is 8.60. The lowest BCUT2D eigenvalue weighted by atomic mass is 9.98. The van der Waals surface area contributed by atoms with Gasteiger partial charge in [0.2, 0.25) is 0 Å².